The highest BCUT2D eigenvalue weighted by Crippen LogP contribution is 2.40. The average molecular weight is 256 g/mol. The predicted molar refractivity (Wildman–Crippen MR) is 65.9 cm³/mol. The monoisotopic (exact) mass is 255 g/mol. The molecular formula is C11H10ClNO2S. The highest BCUT2D eigenvalue weighted by atomic mass is 35.5. The van der Waals surface area contributed by atoms with Crippen molar-refractivity contribution in [1.82, 2.24) is 4.98 Å². The van der Waals surface area contributed by atoms with Crippen LogP contribution in [0.5, 0.6) is 5.75 Å². The second-order valence-electron chi connectivity index (χ2n) is 3.27. The molecule has 0 saturated heterocycles. The van der Waals surface area contributed by atoms with Crippen molar-refractivity contribution in [3.05, 3.63) is 21.8 Å². The predicted octanol–water partition coefficient (Wildman–Crippen LogP) is 3.47. The van der Waals surface area contributed by atoms with E-state index >= 15 is 0 Å². The fourth-order valence-corrected chi connectivity index (χ4v) is 2.98. The van der Waals surface area contributed by atoms with Gasteiger partial charge < -0.3 is 4.74 Å². The van der Waals surface area contributed by atoms with Crippen molar-refractivity contribution < 1.29 is 9.53 Å². The summed E-state index contributed by atoms with van der Waals surface area (Å²) in [5, 5.41) is 1.13. The number of halogens is 1. The molecule has 0 amide bonds. The van der Waals surface area contributed by atoms with E-state index in [0.717, 1.165) is 22.1 Å². The maximum absolute atomic E-state index is 10.9. The lowest BCUT2D eigenvalue weighted by Crippen LogP contribution is -1.93. The number of aldehydes is 1. The number of carbonyl (C=O) groups is 1. The van der Waals surface area contributed by atoms with Crippen molar-refractivity contribution >= 4 is 39.3 Å². The van der Waals surface area contributed by atoms with Crippen LogP contribution in [0.3, 0.4) is 0 Å². The molecule has 0 aliphatic rings. The molecule has 2 aromatic rings. The van der Waals surface area contributed by atoms with Gasteiger partial charge >= 0.3 is 0 Å². The van der Waals surface area contributed by atoms with E-state index in [9.17, 15) is 4.79 Å². The van der Waals surface area contributed by atoms with Crippen LogP contribution < -0.4 is 4.74 Å². The molecule has 0 bridgehead atoms. The van der Waals surface area contributed by atoms with Crippen LogP contribution in [0, 0.1) is 6.92 Å². The zero-order valence-electron chi connectivity index (χ0n) is 8.91. The second kappa shape index (κ2) is 4.39. The molecular weight excluding hydrogens is 246 g/mol. The van der Waals surface area contributed by atoms with Crippen LogP contribution in [0.2, 0.25) is 5.15 Å². The third-order valence-corrected chi connectivity index (χ3v) is 3.45. The van der Waals surface area contributed by atoms with E-state index in [-0.39, 0.29) is 0 Å². The molecule has 0 aromatic carbocycles. The summed E-state index contributed by atoms with van der Waals surface area (Å²) >= 11 is 7.45. The first-order chi connectivity index (χ1) is 7.67. The molecule has 3 nitrogen and oxygen atoms in total. The molecule has 0 aliphatic heterocycles. The van der Waals surface area contributed by atoms with Gasteiger partial charge in [-0.05, 0) is 19.9 Å². The fourth-order valence-electron chi connectivity index (χ4n) is 1.55. The molecule has 0 atom stereocenters. The van der Waals surface area contributed by atoms with Crippen LogP contribution in [0.4, 0.5) is 0 Å². The van der Waals surface area contributed by atoms with E-state index in [1.165, 1.54) is 11.3 Å². The molecule has 5 heteroatoms. The van der Waals surface area contributed by atoms with E-state index in [4.69, 9.17) is 16.3 Å². The zero-order chi connectivity index (χ0) is 11.7. The number of pyridine rings is 1. The van der Waals surface area contributed by atoms with Gasteiger partial charge in [-0.3, -0.25) is 4.79 Å². The van der Waals surface area contributed by atoms with Gasteiger partial charge in [0, 0.05) is 10.4 Å². The Morgan fingerprint density at radius 2 is 2.38 bits per heavy atom. The van der Waals surface area contributed by atoms with Crippen molar-refractivity contribution in [2.75, 3.05) is 6.61 Å². The number of hydrogen-bond donors (Lipinski definition) is 0. The van der Waals surface area contributed by atoms with Crippen LogP contribution >= 0.6 is 22.9 Å². The largest absolute Gasteiger partial charge is 0.491 e. The number of rotatable bonds is 3. The molecule has 84 valence electrons. The molecule has 16 heavy (non-hydrogen) atoms. The summed E-state index contributed by atoms with van der Waals surface area (Å²) in [5.74, 6) is 0.551. The fraction of sp³-hybridized carbons (Fsp3) is 0.273. The molecule has 0 aliphatic carbocycles. The molecule has 0 spiro atoms. The lowest BCUT2D eigenvalue weighted by molar-refractivity contribution is 0.112. The standard InChI is InChI=1S/C11H10ClNO2S/c1-3-15-10-8(5-14)16-7-4-6(2)13-11(12)9(7)10/h4-5H,3H2,1-2H3. The number of fused-ring (bicyclic) bond motifs is 1. The summed E-state index contributed by atoms with van der Waals surface area (Å²) in [6.07, 6.45) is 0.793. The van der Waals surface area contributed by atoms with Crippen molar-refractivity contribution in [3.8, 4) is 5.75 Å². The van der Waals surface area contributed by atoms with Crippen LogP contribution in [-0.2, 0) is 0 Å². The Morgan fingerprint density at radius 1 is 1.62 bits per heavy atom. The Labute approximate surface area is 102 Å². The van der Waals surface area contributed by atoms with E-state index in [0.29, 0.717) is 22.4 Å². The molecule has 2 aromatic heterocycles. The van der Waals surface area contributed by atoms with Crippen LogP contribution in [-0.4, -0.2) is 17.9 Å². The van der Waals surface area contributed by atoms with Gasteiger partial charge in [0.2, 0.25) is 0 Å². The quantitative estimate of drug-likeness (QED) is 0.623. The molecule has 0 radical (unpaired) electrons. The first kappa shape index (κ1) is 11.4. The van der Waals surface area contributed by atoms with Gasteiger partial charge in [-0.1, -0.05) is 11.6 Å². The van der Waals surface area contributed by atoms with Gasteiger partial charge in [-0.2, -0.15) is 0 Å². The SMILES string of the molecule is CCOc1c(C=O)sc2cc(C)nc(Cl)c12. The lowest BCUT2D eigenvalue weighted by atomic mass is 10.2. The smallest absolute Gasteiger partial charge is 0.163 e. The molecule has 2 rings (SSSR count). The van der Waals surface area contributed by atoms with Crippen LogP contribution in [0.1, 0.15) is 22.3 Å². The van der Waals surface area contributed by atoms with Crippen molar-refractivity contribution in [3.63, 3.8) is 0 Å². The molecule has 2 heterocycles. The number of aromatic nitrogens is 1. The maximum Gasteiger partial charge on any atom is 0.163 e. The van der Waals surface area contributed by atoms with Gasteiger partial charge in [0.1, 0.15) is 10.0 Å². The molecule has 0 saturated carbocycles. The minimum atomic E-state index is 0.391. The number of carbonyl (C=O) groups excluding carboxylic acids is 1. The van der Waals surface area contributed by atoms with Crippen molar-refractivity contribution in [2.45, 2.75) is 13.8 Å². The summed E-state index contributed by atoms with van der Waals surface area (Å²) in [7, 11) is 0. The maximum atomic E-state index is 10.9. The minimum absolute atomic E-state index is 0.391. The molecule has 0 fully saturated rings. The summed E-state index contributed by atoms with van der Waals surface area (Å²) in [6.45, 7) is 4.23. The Bertz CT molecular complexity index is 550. The third-order valence-electron chi connectivity index (χ3n) is 2.13. The third kappa shape index (κ3) is 1.79. The van der Waals surface area contributed by atoms with E-state index in [2.05, 4.69) is 4.98 Å². The normalized spacial score (nSPS) is 10.7. The van der Waals surface area contributed by atoms with Gasteiger partial charge in [0.15, 0.2) is 12.0 Å². The number of hydrogen-bond acceptors (Lipinski definition) is 4. The summed E-state index contributed by atoms with van der Waals surface area (Å²) in [4.78, 5) is 15.7. The summed E-state index contributed by atoms with van der Waals surface area (Å²) in [5.41, 5.74) is 0.833. The highest BCUT2D eigenvalue weighted by Gasteiger charge is 2.16. The first-order valence-electron chi connectivity index (χ1n) is 4.85. The average Bonchev–Trinajstić information content (AvgIpc) is 2.57. The van der Waals surface area contributed by atoms with Gasteiger partial charge in [0.25, 0.3) is 0 Å². The second-order valence-corrected chi connectivity index (χ2v) is 4.72. The highest BCUT2D eigenvalue weighted by molar-refractivity contribution is 7.21. The van der Waals surface area contributed by atoms with E-state index < -0.39 is 0 Å². The Hall–Kier alpha value is -1.13. The Kier molecular flexibility index (Phi) is 3.12. The molecule has 0 N–H and O–H groups in total. The first-order valence-corrected chi connectivity index (χ1v) is 6.04. The minimum Gasteiger partial charge on any atom is -0.491 e. The lowest BCUT2D eigenvalue weighted by Gasteiger charge is -2.03. The number of aryl methyl sites for hydroxylation is 1. The number of nitrogens with zero attached hydrogens (tertiary/aromatic N) is 1. The molecule has 0 unspecified atom stereocenters. The van der Waals surface area contributed by atoms with Crippen molar-refractivity contribution in [1.29, 1.82) is 0 Å². The topological polar surface area (TPSA) is 39.2 Å². The van der Waals surface area contributed by atoms with Gasteiger partial charge in [-0.25, -0.2) is 4.98 Å². The van der Waals surface area contributed by atoms with Gasteiger partial charge in [-0.15, -0.1) is 11.3 Å². The summed E-state index contributed by atoms with van der Waals surface area (Å²) < 4.78 is 6.39. The van der Waals surface area contributed by atoms with Gasteiger partial charge in [0.05, 0.1) is 12.0 Å². The van der Waals surface area contributed by atoms with Crippen LogP contribution in [0.25, 0.3) is 10.1 Å². The van der Waals surface area contributed by atoms with Crippen LogP contribution in [0.15, 0.2) is 6.07 Å². The van der Waals surface area contributed by atoms with Crippen molar-refractivity contribution in [2.24, 2.45) is 0 Å². The summed E-state index contributed by atoms with van der Waals surface area (Å²) in [6, 6.07) is 1.90. The van der Waals surface area contributed by atoms with E-state index in [1.54, 1.807) is 0 Å². The Morgan fingerprint density at radius 3 is 3.00 bits per heavy atom. The Balaban J connectivity index is 2.78. The van der Waals surface area contributed by atoms with E-state index in [1.807, 2.05) is 19.9 Å². The zero-order valence-corrected chi connectivity index (χ0v) is 10.5. The number of ether oxygens (including phenoxy) is 1. The number of thiophene rings is 1.